The lowest BCUT2D eigenvalue weighted by Crippen LogP contribution is -2.68. The highest BCUT2D eigenvalue weighted by atomic mass is 32.3. The highest BCUT2D eigenvalue weighted by Gasteiger charge is 2.57. The zero-order valence-electron chi connectivity index (χ0n) is 29.0. The van der Waals surface area contributed by atoms with Crippen molar-refractivity contribution in [2.24, 2.45) is 23.9 Å². The summed E-state index contributed by atoms with van der Waals surface area (Å²) in [5, 5.41) is 24.3. The maximum Gasteiger partial charge on any atom is 0.430 e. The van der Waals surface area contributed by atoms with E-state index in [9.17, 15) is 41.1 Å². The molecule has 1 aromatic carbocycles. The van der Waals surface area contributed by atoms with Gasteiger partial charge in [0.2, 0.25) is 5.69 Å². The summed E-state index contributed by atoms with van der Waals surface area (Å²) >= 11 is 0.989. The molecule has 19 nitrogen and oxygen atoms in total. The second-order valence-corrected chi connectivity index (χ2v) is 13.9. The van der Waals surface area contributed by atoms with Crippen molar-refractivity contribution < 1.29 is 74.1 Å². The molecule has 0 radical (unpaired) electrons. The van der Waals surface area contributed by atoms with Crippen LogP contribution in [0.25, 0.3) is 11.3 Å². The number of hydrogen-bond donors (Lipinski definition) is 4. The molecule has 1 amide bonds. The quantitative estimate of drug-likeness (QED) is 0.0493. The Morgan fingerprint density at radius 2 is 1.83 bits per heavy atom. The summed E-state index contributed by atoms with van der Waals surface area (Å²) in [6.07, 6.45) is -6.53. The average Bonchev–Trinajstić information content (AvgIpc) is 3.63. The number of anilines is 1. The van der Waals surface area contributed by atoms with Gasteiger partial charge in [0.1, 0.15) is 24.0 Å². The number of carbonyl (C=O) groups is 4. The number of Topliss-reactive ketones (excluding diaryl/α,β-unsaturated/α-hetero) is 1. The number of halogens is 3. The van der Waals surface area contributed by atoms with Crippen molar-refractivity contribution in [2.45, 2.75) is 58.0 Å². The fraction of sp³-hybridized carbons (Fsp3) is 0.433. The van der Waals surface area contributed by atoms with E-state index in [1.54, 1.807) is 12.1 Å². The van der Waals surface area contributed by atoms with Crippen LogP contribution >= 0.6 is 11.3 Å². The lowest BCUT2D eigenvalue weighted by Gasteiger charge is -2.50. The Hall–Kier alpha value is -5.17. The molecule has 1 aliphatic rings. The zero-order chi connectivity index (χ0) is 40.8. The molecule has 1 aliphatic heterocycles. The molecular formula is C30H36F3N7O12S2. The van der Waals surface area contributed by atoms with Gasteiger partial charge in [-0.15, -0.1) is 20.3 Å². The number of amides is 1. The van der Waals surface area contributed by atoms with Crippen molar-refractivity contribution in [3.8, 4) is 17.0 Å². The second-order valence-electron chi connectivity index (χ2n) is 12.0. The average molecular weight is 808 g/mol. The highest BCUT2D eigenvalue weighted by molar-refractivity contribution is 7.80. The number of hydroxylamine groups is 2. The fourth-order valence-electron chi connectivity index (χ4n) is 4.90. The van der Waals surface area contributed by atoms with E-state index >= 15 is 0 Å². The first-order chi connectivity index (χ1) is 25.0. The topological polar surface area (TPSA) is 283 Å². The van der Waals surface area contributed by atoms with Gasteiger partial charge in [0.05, 0.1) is 24.2 Å². The Bertz CT molecular complexity index is 2000. The number of oxime groups is 1. The van der Waals surface area contributed by atoms with Crippen molar-refractivity contribution in [3.05, 3.63) is 47.1 Å². The number of carbonyl (C=O) groups excluding carboxylic acids is 3. The summed E-state index contributed by atoms with van der Waals surface area (Å²) in [4.78, 5) is 56.0. The van der Waals surface area contributed by atoms with Gasteiger partial charge >= 0.3 is 22.5 Å². The van der Waals surface area contributed by atoms with Gasteiger partial charge in [-0.1, -0.05) is 5.16 Å². The number of thiazole rings is 1. The number of ether oxygens (including phenoxy) is 1. The van der Waals surface area contributed by atoms with Crippen molar-refractivity contribution in [3.63, 3.8) is 0 Å². The van der Waals surface area contributed by atoms with E-state index in [0.29, 0.717) is 17.4 Å². The molecule has 54 heavy (non-hydrogen) atoms. The summed E-state index contributed by atoms with van der Waals surface area (Å²) < 4.78 is 76.9. The minimum Gasteiger partial charge on any atom is -0.542 e. The summed E-state index contributed by atoms with van der Waals surface area (Å²) in [5.74, 6) is -6.80. The van der Waals surface area contributed by atoms with Crippen LogP contribution < -0.4 is 26.0 Å². The van der Waals surface area contributed by atoms with Crippen LogP contribution in [0, 0.1) is 12.8 Å². The van der Waals surface area contributed by atoms with Gasteiger partial charge in [-0.3, -0.25) is 14.1 Å². The molecule has 1 saturated heterocycles. The van der Waals surface area contributed by atoms with E-state index in [1.165, 1.54) is 19.2 Å². The van der Waals surface area contributed by atoms with Gasteiger partial charge in [0.15, 0.2) is 23.2 Å². The Balaban J connectivity index is 0.00000102. The molecule has 0 saturated carbocycles. The Morgan fingerprint density at radius 1 is 1.22 bits per heavy atom. The van der Waals surface area contributed by atoms with Crippen LogP contribution in [-0.4, -0.2) is 93.1 Å². The summed E-state index contributed by atoms with van der Waals surface area (Å²) in [5.41, 5.74) is 12.6. The van der Waals surface area contributed by atoms with Crippen LogP contribution in [0.3, 0.4) is 0 Å². The van der Waals surface area contributed by atoms with Crippen LogP contribution in [0.15, 0.2) is 40.9 Å². The number of nitrogens with two attached hydrogens (primary N) is 2. The predicted molar refractivity (Wildman–Crippen MR) is 178 cm³/mol. The number of carboxylic acids is 2. The van der Waals surface area contributed by atoms with Crippen LogP contribution in [0.4, 0.5) is 18.3 Å². The third-order valence-corrected chi connectivity index (χ3v) is 8.87. The Labute approximate surface area is 309 Å². The first-order valence-electron chi connectivity index (χ1n) is 15.5. The number of benzene rings is 1. The van der Waals surface area contributed by atoms with Crippen LogP contribution in [0.1, 0.15) is 38.1 Å². The molecule has 0 bridgehead atoms. The van der Waals surface area contributed by atoms with Crippen molar-refractivity contribution in [2.75, 3.05) is 18.9 Å². The minimum absolute atomic E-state index is 0.0198. The van der Waals surface area contributed by atoms with Crippen molar-refractivity contribution >= 4 is 56.2 Å². The molecule has 1 fully saturated rings. The van der Waals surface area contributed by atoms with Crippen molar-refractivity contribution in [1.29, 1.82) is 0 Å². The molecule has 2 aromatic heterocycles. The highest BCUT2D eigenvalue weighted by Crippen LogP contribution is 2.40. The molecule has 0 spiro atoms. The maximum absolute atomic E-state index is 13.3. The molecule has 2 atom stereocenters. The summed E-state index contributed by atoms with van der Waals surface area (Å²) in [6, 6.07) is 9.11. The predicted octanol–water partition coefficient (Wildman–Crippen LogP) is 0.158. The van der Waals surface area contributed by atoms with Crippen molar-refractivity contribution in [1.82, 2.24) is 14.7 Å². The monoisotopic (exact) mass is 807 g/mol. The standard InChI is InChI=1S/C28H35N7O10S2.C2HF3O2/c1-16-12-21(34(33(16)4)11-5-10-29)17-6-8-18(9-7-17)43-14-23(26(38)39)44-32-24(20-15-46-27(30)31-20)22(36)13-19-25(37)35(28(19,2)3)45-47(40,41)42;3-2(4,5)1(6)7/h6-9,12,15,19,23H,5,10-11,13-14,29H2,1-4H3,(H3-,30,31,38,39,40,41,42);(H,6,7)/b32-24-;/t19-,23?;/m1./s1. The maximum atomic E-state index is 13.3. The van der Waals surface area contributed by atoms with Gasteiger partial charge in [0.25, 0.3) is 12.0 Å². The number of nitrogen functional groups attached to an aromatic ring is 1. The van der Waals surface area contributed by atoms with Gasteiger partial charge < -0.3 is 36.0 Å². The number of nitrogens with zero attached hydrogens (tertiary/aromatic N) is 5. The smallest absolute Gasteiger partial charge is 0.430 e. The van der Waals surface area contributed by atoms with E-state index < -0.39 is 76.5 Å². The Morgan fingerprint density at radius 3 is 2.31 bits per heavy atom. The number of aliphatic carboxylic acids is 2. The first-order valence-corrected chi connectivity index (χ1v) is 17.7. The number of hydrogen-bond acceptors (Lipinski definition) is 15. The van der Waals surface area contributed by atoms with Crippen LogP contribution in [0.2, 0.25) is 0 Å². The number of carboxylic acid groups (broad SMARTS) is 2. The van der Waals surface area contributed by atoms with Crippen LogP contribution in [0.5, 0.6) is 5.75 Å². The third kappa shape index (κ3) is 10.9. The van der Waals surface area contributed by atoms with E-state index in [4.69, 9.17) is 35.5 Å². The molecule has 0 aliphatic carbocycles. The number of ketones is 1. The fourth-order valence-corrected chi connectivity index (χ4v) is 5.91. The van der Waals surface area contributed by atoms with Gasteiger partial charge in [0, 0.05) is 29.9 Å². The molecule has 6 N–H and O–H groups in total. The van der Waals surface area contributed by atoms with E-state index in [-0.39, 0.29) is 10.8 Å². The summed E-state index contributed by atoms with van der Waals surface area (Å²) in [6.45, 7) is 5.67. The third-order valence-electron chi connectivity index (χ3n) is 7.86. The second kappa shape index (κ2) is 17.3. The molecule has 24 heteroatoms. The molecule has 296 valence electrons. The number of aryl methyl sites for hydroxylation is 1. The Kier molecular flexibility index (Phi) is 13.9. The molecule has 4 rings (SSSR count). The largest absolute Gasteiger partial charge is 0.542 e. The van der Waals surface area contributed by atoms with Gasteiger partial charge in [-0.2, -0.15) is 31.3 Å². The van der Waals surface area contributed by atoms with E-state index in [1.807, 2.05) is 30.8 Å². The van der Waals surface area contributed by atoms with E-state index in [2.05, 4.69) is 25.2 Å². The first kappa shape index (κ1) is 43.2. The zero-order valence-corrected chi connectivity index (χ0v) is 30.6. The lowest BCUT2D eigenvalue weighted by molar-refractivity contribution is -0.764. The van der Waals surface area contributed by atoms with Crippen LogP contribution in [-0.2, 0) is 52.3 Å². The molecule has 1 unspecified atom stereocenters. The lowest BCUT2D eigenvalue weighted by atomic mass is 9.74. The SMILES string of the molecule is Cc1cc(-c2ccc(OCC(O/N=C(\C(=O)C[C@@H]3C(=O)N(OS(=O)(=O)O)C3(C)C)c3csc(N)n3)C(=O)O)cc2)[n+](CCCN)n1C.O=C([O-])C(F)(F)F. The number of β-lactam (4-membered cyclic amide) rings is 1. The molecular weight excluding hydrogens is 771 g/mol. The number of rotatable bonds is 16. The van der Waals surface area contributed by atoms with E-state index in [0.717, 1.165) is 41.3 Å². The van der Waals surface area contributed by atoms with Gasteiger partial charge in [-0.25, -0.2) is 9.78 Å². The normalized spacial score (nSPS) is 16.2. The molecule has 3 heterocycles. The summed E-state index contributed by atoms with van der Waals surface area (Å²) in [7, 11) is -3.02. The minimum atomic E-state index is -5.19. The number of alkyl halides is 3. The number of aromatic nitrogens is 3. The molecule has 3 aromatic rings. The van der Waals surface area contributed by atoms with Gasteiger partial charge in [-0.05, 0) is 51.6 Å².